The van der Waals surface area contributed by atoms with Gasteiger partial charge in [-0.05, 0) is 24.1 Å². The number of allylic oxidation sites excluding steroid dienone is 1. The Bertz CT molecular complexity index is 1110. The molecule has 0 unspecified atom stereocenters. The predicted molar refractivity (Wildman–Crippen MR) is 121 cm³/mol. The summed E-state index contributed by atoms with van der Waals surface area (Å²) in [4.78, 5) is 53.8. The molecule has 1 saturated heterocycles. The summed E-state index contributed by atoms with van der Waals surface area (Å²) in [6.07, 6.45) is 1.04. The van der Waals surface area contributed by atoms with Crippen LogP contribution in [0.25, 0.3) is 0 Å². The molecule has 0 spiro atoms. The largest absolute Gasteiger partial charge is 0.469 e. The SMILES string of the molecule is COC(=O)[C@@H]1[C@@H](C(=O)OC)CC=C2C(=O)C[C@H](c3ccccc3)N(C(=O)Oc3ccccc3)[C@H]21. The maximum absolute atomic E-state index is 13.6. The molecule has 0 N–H and O–H groups in total. The maximum atomic E-state index is 13.6. The van der Waals surface area contributed by atoms with Gasteiger partial charge in [0.25, 0.3) is 0 Å². The zero-order chi connectivity index (χ0) is 24.2. The molecule has 8 nitrogen and oxygen atoms in total. The number of nitrogens with zero attached hydrogens (tertiary/aromatic N) is 1. The van der Waals surface area contributed by atoms with Gasteiger partial charge in [-0.2, -0.15) is 0 Å². The summed E-state index contributed by atoms with van der Waals surface area (Å²) < 4.78 is 15.6. The fourth-order valence-corrected chi connectivity index (χ4v) is 4.78. The van der Waals surface area contributed by atoms with Crippen LogP contribution in [0.4, 0.5) is 4.79 Å². The number of benzene rings is 2. The van der Waals surface area contributed by atoms with Gasteiger partial charge < -0.3 is 14.2 Å². The van der Waals surface area contributed by atoms with Crippen molar-refractivity contribution >= 4 is 23.8 Å². The molecule has 4 atom stereocenters. The highest BCUT2D eigenvalue weighted by Crippen LogP contribution is 2.44. The smallest absolute Gasteiger partial charge is 0.416 e. The summed E-state index contributed by atoms with van der Waals surface area (Å²) >= 11 is 0. The van der Waals surface area contributed by atoms with E-state index < -0.39 is 42.0 Å². The highest BCUT2D eigenvalue weighted by Gasteiger charge is 2.54. The normalized spacial score (nSPS) is 23.9. The molecule has 2 aliphatic rings. The first-order valence-electron chi connectivity index (χ1n) is 10.9. The van der Waals surface area contributed by atoms with Crippen LogP contribution in [-0.4, -0.2) is 49.0 Å². The van der Waals surface area contributed by atoms with Crippen LogP contribution in [0.5, 0.6) is 5.75 Å². The van der Waals surface area contributed by atoms with Crippen LogP contribution >= 0.6 is 0 Å². The molecule has 4 rings (SSSR count). The average molecular weight is 463 g/mol. The van der Waals surface area contributed by atoms with Crippen molar-refractivity contribution in [2.45, 2.75) is 24.9 Å². The molecule has 0 saturated carbocycles. The molecule has 0 bridgehead atoms. The van der Waals surface area contributed by atoms with E-state index in [1.54, 1.807) is 36.4 Å². The van der Waals surface area contributed by atoms with Crippen molar-refractivity contribution in [3.8, 4) is 5.75 Å². The molecule has 1 fully saturated rings. The minimum absolute atomic E-state index is 0.0209. The number of methoxy groups -OCH3 is 2. The number of carbonyl (C=O) groups excluding carboxylic acids is 4. The lowest BCUT2D eigenvalue weighted by atomic mass is 9.70. The summed E-state index contributed by atoms with van der Waals surface area (Å²) in [5, 5.41) is 0. The first-order valence-corrected chi connectivity index (χ1v) is 10.9. The van der Waals surface area contributed by atoms with Crippen molar-refractivity contribution in [1.29, 1.82) is 0 Å². The number of likely N-dealkylation sites (tertiary alicyclic amines) is 1. The molecule has 176 valence electrons. The molecule has 1 amide bonds. The van der Waals surface area contributed by atoms with Gasteiger partial charge in [-0.25, -0.2) is 4.79 Å². The van der Waals surface area contributed by atoms with Gasteiger partial charge in [0, 0.05) is 12.0 Å². The molecule has 0 radical (unpaired) electrons. The number of hydrogen-bond acceptors (Lipinski definition) is 7. The lowest BCUT2D eigenvalue weighted by Gasteiger charge is -2.47. The van der Waals surface area contributed by atoms with E-state index in [2.05, 4.69) is 0 Å². The molecular weight excluding hydrogens is 438 g/mol. The second kappa shape index (κ2) is 9.91. The van der Waals surface area contributed by atoms with Gasteiger partial charge in [0.1, 0.15) is 5.75 Å². The first kappa shape index (κ1) is 23.2. The number of ether oxygens (including phenoxy) is 3. The van der Waals surface area contributed by atoms with Crippen LogP contribution in [0.15, 0.2) is 72.3 Å². The number of hydrogen-bond donors (Lipinski definition) is 0. The Kier molecular flexibility index (Phi) is 6.77. The van der Waals surface area contributed by atoms with Gasteiger partial charge in [-0.1, -0.05) is 54.6 Å². The Labute approximate surface area is 197 Å². The minimum Gasteiger partial charge on any atom is -0.469 e. The zero-order valence-electron chi connectivity index (χ0n) is 18.9. The van der Waals surface area contributed by atoms with Crippen molar-refractivity contribution in [3.05, 3.63) is 77.9 Å². The standard InChI is InChI=1S/C26H25NO7/c1-32-24(29)19-14-13-18-21(28)15-20(16-9-5-3-6-10-16)27(23(18)22(19)25(30)33-2)26(31)34-17-11-7-4-8-12-17/h3-13,19-20,22-23H,14-15H2,1-2H3/t19-,20+,22+,23+/m0/s1. The van der Waals surface area contributed by atoms with E-state index in [1.807, 2.05) is 30.3 Å². The number of esters is 2. The Balaban J connectivity index is 1.84. The van der Waals surface area contributed by atoms with Gasteiger partial charge >= 0.3 is 18.0 Å². The lowest BCUT2D eigenvalue weighted by Crippen LogP contribution is -2.59. The van der Waals surface area contributed by atoms with E-state index in [0.29, 0.717) is 16.9 Å². The molecule has 1 heterocycles. The van der Waals surface area contributed by atoms with Crippen molar-refractivity contribution < 1.29 is 33.4 Å². The van der Waals surface area contributed by atoms with Crippen molar-refractivity contribution in [1.82, 2.24) is 4.90 Å². The van der Waals surface area contributed by atoms with E-state index in [9.17, 15) is 19.2 Å². The van der Waals surface area contributed by atoms with Gasteiger partial charge in [0.2, 0.25) is 0 Å². The van der Waals surface area contributed by atoms with Gasteiger partial charge in [0.15, 0.2) is 5.78 Å². The molecule has 0 aromatic heterocycles. The third kappa shape index (κ3) is 4.31. The monoisotopic (exact) mass is 463 g/mol. The highest BCUT2D eigenvalue weighted by atomic mass is 16.6. The van der Waals surface area contributed by atoms with Crippen LogP contribution in [-0.2, 0) is 23.9 Å². The fraction of sp³-hybridized carbons (Fsp3) is 0.308. The molecule has 8 heteroatoms. The Morgan fingerprint density at radius 2 is 1.50 bits per heavy atom. The number of para-hydroxylation sites is 1. The Morgan fingerprint density at radius 1 is 0.882 bits per heavy atom. The lowest BCUT2D eigenvalue weighted by molar-refractivity contribution is -0.161. The van der Waals surface area contributed by atoms with Crippen LogP contribution < -0.4 is 4.74 Å². The quantitative estimate of drug-likeness (QED) is 0.640. The molecule has 34 heavy (non-hydrogen) atoms. The number of piperidine rings is 1. The topological polar surface area (TPSA) is 99.2 Å². The first-order chi connectivity index (χ1) is 16.5. The Hall–Kier alpha value is -3.94. The Morgan fingerprint density at radius 3 is 2.12 bits per heavy atom. The summed E-state index contributed by atoms with van der Waals surface area (Å²) in [6.45, 7) is 0. The summed E-state index contributed by atoms with van der Waals surface area (Å²) in [5.41, 5.74) is 1.01. The molecule has 2 aromatic rings. The van der Waals surface area contributed by atoms with E-state index in [1.165, 1.54) is 19.1 Å². The number of amides is 1. The molecule has 2 aromatic carbocycles. The van der Waals surface area contributed by atoms with Crippen molar-refractivity contribution in [2.24, 2.45) is 11.8 Å². The van der Waals surface area contributed by atoms with Crippen molar-refractivity contribution in [3.63, 3.8) is 0 Å². The van der Waals surface area contributed by atoms with Crippen LogP contribution in [0.2, 0.25) is 0 Å². The van der Waals surface area contributed by atoms with E-state index in [-0.39, 0.29) is 18.6 Å². The van der Waals surface area contributed by atoms with Gasteiger partial charge in [-0.15, -0.1) is 0 Å². The van der Waals surface area contributed by atoms with Gasteiger partial charge in [-0.3, -0.25) is 19.3 Å². The fourth-order valence-electron chi connectivity index (χ4n) is 4.78. The van der Waals surface area contributed by atoms with Crippen LogP contribution in [0.1, 0.15) is 24.4 Å². The van der Waals surface area contributed by atoms with E-state index in [4.69, 9.17) is 14.2 Å². The number of ketones is 1. The summed E-state index contributed by atoms with van der Waals surface area (Å²) in [5.74, 6) is -3.24. The second-order valence-corrected chi connectivity index (χ2v) is 8.16. The third-order valence-electron chi connectivity index (χ3n) is 6.34. The van der Waals surface area contributed by atoms with E-state index >= 15 is 0 Å². The third-order valence-corrected chi connectivity index (χ3v) is 6.34. The van der Waals surface area contributed by atoms with Crippen LogP contribution in [0, 0.1) is 11.8 Å². The summed E-state index contributed by atoms with van der Waals surface area (Å²) in [6, 6.07) is 15.8. The average Bonchev–Trinajstić information content (AvgIpc) is 2.88. The van der Waals surface area contributed by atoms with Crippen LogP contribution in [0.3, 0.4) is 0 Å². The highest BCUT2D eigenvalue weighted by molar-refractivity contribution is 6.01. The number of Topliss-reactive ketones (excluding diaryl/α,β-unsaturated/α-hetero) is 1. The number of rotatable bonds is 4. The second-order valence-electron chi connectivity index (χ2n) is 8.16. The predicted octanol–water partition coefficient (Wildman–Crippen LogP) is 3.48. The maximum Gasteiger partial charge on any atom is 0.416 e. The van der Waals surface area contributed by atoms with Gasteiger partial charge in [0.05, 0.1) is 38.1 Å². The number of fused-ring (bicyclic) bond motifs is 1. The molecule has 1 aliphatic carbocycles. The zero-order valence-corrected chi connectivity index (χ0v) is 18.9. The summed E-state index contributed by atoms with van der Waals surface area (Å²) in [7, 11) is 2.44. The number of carbonyl (C=O) groups is 4. The molecule has 1 aliphatic heterocycles. The van der Waals surface area contributed by atoms with Crippen molar-refractivity contribution in [2.75, 3.05) is 14.2 Å². The minimum atomic E-state index is -1.13. The molecular formula is C26H25NO7. The van der Waals surface area contributed by atoms with E-state index in [0.717, 1.165) is 0 Å².